The molecule has 1 unspecified atom stereocenters. The van der Waals surface area contributed by atoms with E-state index in [1.54, 1.807) is 0 Å². The van der Waals surface area contributed by atoms with E-state index in [1.165, 1.54) is 32.1 Å². The molecule has 0 aromatic rings. The Morgan fingerprint density at radius 2 is 2.00 bits per heavy atom. The smallest absolute Gasteiger partial charge is 0.254 e. The highest BCUT2D eigenvalue weighted by atomic mass is 16.2. The average molecular weight is 197 g/mol. The molecule has 4 nitrogen and oxygen atoms in total. The van der Waals surface area contributed by atoms with Crippen LogP contribution in [0.2, 0.25) is 0 Å². The molecule has 1 aliphatic heterocycles. The summed E-state index contributed by atoms with van der Waals surface area (Å²) in [5.74, 6) is 0.0863. The molecule has 1 saturated carbocycles. The zero-order chi connectivity index (χ0) is 9.97. The molecule has 2 fully saturated rings. The largest absolute Gasteiger partial charge is 0.336 e. The van der Waals surface area contributed by atoms with Crippen LogP contribution in [0.3, 0.4) is 0 Å². The van der Waals surface area contributed by atoms with Gasteiger partial charge in [0.1, 0.15) is 6.17 Å². The number of nitrogens with two attached hydrogens (primary N) is 1. The first-order chi connectivity index (χ1) is 6.79. The molecule has 0 aromatic carbocycles. The van der Waals surface area contributed by atoms with Gasteiger partial charge in [0.05, 0.1) is 0 Å². The maximum absolute atomic E-state index is 11.8. The Morgan fingerprint density at radius 1 is 1.29 bits per heavy atom. The molecule has 1 atom stereocenters. The Morgan fingerprint density at radius 3 is 2.71 bits per heavy atom. The molecule has 1 heterocycles. The van der Waals surface area contributed by atoms with Crippen molar-refractivity contribution in [1.29, 1.82) is 0 Å². The Hall–Kier alpha value is -0.610. The van der Waals surface area contributed by atoms with Crippen molar-refractivity contribution in [2.75, 3.05) is 13.1 Å². The number of hydrogen-bond acceptors (Lipinski definition) is 3. The van der Waals surface area contributed by atoms with Crippen LogP contribution in [-0.2, 0) is 4.79 Å². The summed E-state index contributed by atoms with van der Waals surface area (Å²) in [5.41, 5.74) is 5.67. The molecule has 0 spiro atoms. The van der Waals surface area contributed by atoms with Crippen LogP contribution in [-0.4, -0.2) is 36.1 Å². The van der Waals surface area contributed by atoms with Gasteiger partial charge in [-0.25, -0.2) is 0 Å². The fourth-order valence-electron chi connectivity index (χ4n) is 2.47. The van der Waals surface area contributed by atoms with Gasteiger partial charge in [-0.3, -0.25) is 10.1 Å². The molecule has 0 radical (unpaired) electrons. The summed E-state index contributed by atoms with van der Waals surface area (Å²) in [6.45, 7) is 1.67. The lowest BCUT2D eigenvalue weighted by Gasteiger charge is -2.39. The minimum atomic E-state index is -0.467. The second-order valence-electron chi connectivity index (χ2n) is 4.26. The van der Waals surface area contributed by atoms with E-state index in [0.717, 1.165) is 13.1 Å². The van der Waals surface area contributed by atoms with Gasteiger partial charge in [0.25, 0.3) is 5.91 Å². The van der Waals surface area contributed by atoms with Gasteiger partial charge in [-0.1, -0.05) is 19.3 Å². The molecule has 4 heteroatoms. The summed E-state index contributed by atoms with van der Waals surface area (Å²) in [7, 11) is 0. The van der Waals surface area contributed by atoms with Gasteiger partial charge in [0.15, 0.2) is 0 Å². The topological polar surface area (TPSA) is 58.4 Å². The number of nitrogens with one attached hydrogen (secondary N) is 1. The van der Waals surface area contributed by atoms with Crippen molar-refractivity contribution in [3.05, 3.63) is 0 Å². The fraction of sp³-hybridized carbons (Fsp3) is 0.900. The summed E-state index contributed by atoms with van der Waals surface area (Å²) >= 11 is 0. The highest BCUT2D eigenvalue weighted by Gasteiger charge is 2.31. The van der Waals surface area contributed by atoms with Gasteiger partial charge in [-0.2, -0.15) is 0 Å². The van der Waals surface area contributed by atoms with Crippen molar-refractivity contribution < 1.29 is 4.79 Å². The molecule has 1 saturated heterocycles. The normalized spacial score (nSPS) is 30.8. The molecule has 0 bridgehead atoms. The van der Waals surface area contributed by atoms with E-state index in [2.05, 4.69) is 5.32 Å². The molecular formula is C10H19N3O. The highest BCUT2D eigenvalue weighted by Crippen LogP contribution is 2.23. The molecule has 14 heavy (non-hydrogen) atoms. The molecule has 2 rings (SSSR count). The first kappa shape index (κ1) is 9.93. The summed E-state index contributed by atoms with van der Waals surface area (Å²) in [5, 5.41) is 2.99. The standard InChI is InChI=1S/C10H19N3O/c11-9-10(14)13(7-6-12-9)8-4-2-1-3-5-8/h8-9,12H,1-7,11H2. The van der Waals surface area contributed by atoms with E-state index in [0.29, 0.717) is 6.04 Å². The van der Waals surface area contributed by atoms with Crippen molar-refractivity contribution in [3.63, 3.8) is 0 Å². The molecule has 3 N–H and O–H groups in total. The number of rotatable bonds is 1. The Bertz CT molecular complexity index is 213. The van der Waals surface area contributed by atoms with Crippen molar-refractivity contribution in [2.24, 2.45) is 5.73 Å². The first-order valence-electron chi connectivity index (χ1n) is 5.58. The summed E-state index contributed by atoms with van der Waals surface area (Å²) in [6.07, 6.45) is 5.71. The number of amides is 1. The molecule has 1 aliphatic carbocycles. The van der Waals surface area contributed by atoms with Crippen LogP contribution in [0.25, 0.3) is 0 Å². The summed E-state index contributed by atoms with van der Waals surface area (Å²) < 4.78 is 0. The number of hydrogen-bond donors (Lipinski definition) is 2. The van der Waals surface area contributed by atoms with Crippen molar-refractivity contribution in [1.82, 2.24) is 10.2 Å². The third kappa shape index (κ3) is 1.91. The minimum absolute atomic E-state index is 0.0863. The summed E-state index contributed by atoms with van der Waals surface area (Å²) in [6, 6.07) is 0.462. The summed E-state index contributed by atoms with van der Waals surface area (Å²) in [4.78, 5) is 13.7. The zero-order valence-corrected chi connectivity index (χ0v) is 8.54. The predicted molar refractivity (Wildman–Crippen MR) is 54.6 cm³/mol. The van der Waals surface area contributed by atoms with E-state index in [9.17, 15) is 4.79 Å². The van der Waals surface area contributed by atoms with Crippen LogP contribution in [0.1, 0.15) is 32.1 Å². The van der Waals surface area contributed by atoms with Crippen LogP contribution in [0.15, 0.2) is 0 Å². The van der Waals surface area contributed by atoms with Gasteiger partial charge < -0.3 is 10.6 Å². The SMILES string of the molecule is NC1NCCN(C2CCCCC2)C1=O. The lowest BCUT2D eigenvalue weighted by Crippen LogP contribution is -2.61. The van der Waals surface area contributed by atoms with Crippen molar-refractivity contribution >= 4 is 5.91 Å². The van der Waals surface area contributed by atoms with Gasteiger partial charge in [0, 0.05) is 19.1 Å². The van der Waals surface area contributed by atoms with Crippen LogP contribution in [0.5, 0.6) is 0 Å². The fourth-order valence-corrected chi connectivity index (χ4v) is 2.47. The maximum atomic E-state index is 11.8. The van der Waals surface area contributed by atoms with E-state index >= 15 is 0 Å². The average Bonchev–Trinajstić information content (AvgIpc) is 2.23. The van der Waals surface area contributed by atoms with Gasteiger partial charge in [-0.15, -0.1) is 0 Å². The lowest BCUT2D eigenvalue weighted by atomic mass is 9.93. The van der Waals surface area contributed by atoms with Gasteiger partial charge in [0.2, 0.25) is 0 Å². The Labute approximate surface area is 84.8 Å². The Balaban J connectivity index is 1.97. The van der Waals surface area contributed by atoms with Crippen molar-refractivity contribution in [2.45, 2.75) is 44.3 Å². The molecular weight excluding hydrogens is 178 g/mol. The third-order valence-electron chi connectivity index (χ3n) is 3.28. The van der Waals surface area contributed by atoms with E-state index < -0.39 is 6.17 Å². The van der Waals surface area contributed by atoms with Crippen LogP contribution < -0.4 is 11.1 Å². The third-order valence-corrected chi connectivity index (χ3v) is 3.28. The number of piperazine rings is 1. The van der Waals surface area contributed by atoms with Gasteiger partial charge >= 0.3 is 0 Å². The quantitative estimate of drug-likeness (QED) is 0.624. The zero-order valence-electron chi connectivity index (χ0n) is 8.54. The second-order valence-corrected chi connectivity index (χ2v) is 4.26. The van der Waals surface area contributed by atoms with E-state index in [4.69, 9.17) is 5.73 Å². The minimum Gasteiger partial charge on any atom is -0.336 e. The van der Waals surface area contributed by atoms with E-state index in [-0.39, 0.29) is 5.91 Å². The molecule has 80 valence electrons. The molecule has 2 aliphatic rings. The number of carbonyl (C=O) groups is 1. The molecule has 1 amide bonds. The van der Waals surface area contributed by atoms with E-state index in [1.807, 2.05) is 4.90 Å². The number of carbonyl (C=O) groups excluding carboxylic acids is 1. The predicted octanol–water partition coefficient (Wildman–Crippen LogP) is 0.0357. The molecule has 0 aromatic heterocycles. The van der Waals surface area contributed by atoms with Crippen LogP contribution in [0, 0.1) is 0 Å². The number of nitrogens with zero attached hydrogens (tertiary/aromatic N) is 1. The monoisotopic (exact) mass is 197 g/mol. The van der Waals surface area contributed by atoms with Crippen molar-refractivity contribution in [3.8, 4) is 0 Å². The first-order valence-corrected chi connectivity index (χ1v) is 5.58. The lowest BCUT2D eigenvalue weighted by molar-refractivity contribution is -0.138. The highest BCUT2D eigenvalue weighted by molar-refractivity contribution is 5.82. The van der Waals surface area contributed by atoms with Crippen LogP contribution in [0.4, 0.5) is 0 Å². The van der Waals surface area contributed by atoms with Crippen LogP contribution >= 0.6 is 0 Å². The second kappa shape index (κ2) is 4.28. The van der Waals surface area contributed by atoms with Gasteiger partial charge in [-0.05, 0) is 12.8 Å². The Kier molecular flexibility index (Phi) is 3.03. The maximum Gasteiger partial charge on any atom is 0.254 e.